The average molecular weight is 253 g/mol. The number of hydrogen-bond donors (Lipinski definition) is 0. The van der Waals surface area contributed by atoms with Crippen molar-refractivity contribution in [1.82, 2.24) is 0 Å². The Morgan fingerprint density at radius 2 is 1.18 bits per heavy atom. The quantitative estimate of drug-likeness (QED) is 0.293. The Hall–Kier alpha value is -0.303. The Balaban J connectivity index is 3.83. The van der Waals surface area contributed by atoms with Crippen LogP contribution in [0.4, 0.5) is 0 Å². The summed E-state index contributed by atoms with van der Waals surface area (Å²) in [6.45, 7) is 12.7. The zero-order valence-electron chi connectivity index (χ0n) is 12.1. The van der Waals surface area contributed by atoms with Gasteiger partial charge in [-0.3, -0.25) is 0 Å². The molecule has 0 aromatic carbocycles. The maximum Gasteiger partial charge on any atom is 0.100 e. The van der Waals surface area contributed by atoms with Crippen molar-refractivity contribution < 1.29 is 0 Å². The summed E-state index contributed by atoms with van der Waals surface area (Å²) in [6.07, 6.45) is 11.0. The standard InChI is InChI=1S/C16H32Si/c1-5-9-11-12-13-14-16-17(7-3,8-4)15-10-6-2/h7-8H,3-6,9-16H2,1-2H3. The summed E-state index contributed by atoms with van der Waals surface area (Å²) in [4.78, 5) is 0. The largest absolute Gasteiger partial charge is 0.107 e. The third kappa shape index (κ3) is 7.59. The van der Waals surface area contributed by atoms with Crippen molar-refractivity contribution in [3.63, 3.8) is 0 Å². The van der Waals surface area contributed by atoms with E-state index in [2.05, 4.69) is 38.4 Å². The van der Waals surface area contributed by atoms with Crippen molar-refractivity contribution in [2.24, 2.45) is 0 Å². The molecule has 0 aliphatic heterocycles. The molecule has 0 nitrogen and oxygen atoms in total. The van der Waals surface area contributed by atoms with Crippen molar-refractivity contribution in [2.45, 2.75) is 77.3 Å². The van der Waals surface area contributed by atoms with Gasteiger partial charge in [0.25, 0.3) is 0 Å². The van der Waals surface area contributed by atoms with E-state index in [1.807, 2.05) is 0 Å². The van der Waals surface area contributed by atoms with E-state index in [0.29, 0.717) is 0 Å². The zero-order valence-corrected chi connectivity index (χ0v) is 13.1. The summed E-state index contributed by atoms with van der Waals surface area (Å²) in [5.74, 6) is 0. The summed E-state index contributed by atoms with van der Waals surface area (Å²) in [6, 6.07) is 2.75. The fraction of sp³-hybridized carbons (Fsp3) is 0.750. The predicted molar refractivity (Wildman–Crippen MR) is 84.0 cm³/mol. The van der Waals surface area contributed by atoms with Gasteiger partial charge in [0.15, 0.2) is 0 Å². The first-order chi connectivity index (χ1) is 8.24. The second-order valence-corrected chi connectivity index (χ2v) is 9.55. The molecule has 0 radical (unpaired) electrons. The van der Waals surface area contributed by atoms with E-state index in [0.717, 1.165) is 0 Å². The minimum absolute atomic E-state index is 1.30. The number of hydrogen-bond acceptors (Lipinski definition) is 0. The monoisotopic (exact) mass is 252 g/mol. The van der Waals surface area contributed by atoms with E-state index in [-0.39, 0.29) is 0 Å². The molecule has 0 aromatic heterocycles. The second-order valence-electron chi connectivity index (χ2n) is 5.26. The highest BCUT2D eigenvalue weighted by Crippen LogP contribution is 2.24. The van der Waals surface area contributed by atoms with Crippen LogP contribution >= 0.6 is 0 Å². The highest BCUT2D eigenvalue weighted by molar-refractivity contribution is 6.88. The van der Waals surface area contributed by atoms with Crippen LogP contribution < -0.4 is 0 Å². The van der Waals surface area contributed by atoms with Crippen molar-refractivity contribution in [3.05, 3.63) is 24.6 Å². The van der Waals surface area contributed by atoms with Crippen LogP contribution in [0.1, 0.15) is 65.2 Å². The van der Waals surface area contributed by atoms with Gasteiger partial charge in [-0.1, -0.05) is 88.7 Å². The molecule has 0 rings (SSSR count). The molecular weight excluding hydrogens is 220 g/mol. The van der Waals surface area contributed by atoms with Gasteiger partial charge in [0.2, 0.25) is 0 Å². The smallest absolute Gasteiger partial charge is 0.100 e. The van der Waals surface area contributed by atoms with Gasteiger partial charge in [0.05, 0.1) is 0 Å². The minimum atomic E-state index is -1.31. The Bertz CT molecular complexity index is 188. The van der Waals surface area contributed by atoms with Gasteiger partial charge in [0.1, 0.15) is 8.07 Å². The molecule has 0 N–H and O–H groups in total. The van der Waals surface area contributed by atoms with Crippen LogP contribution in [0.15, 0.2) is 24.6 Å². The van der Waals surface area contributed by atoms with E-state index in [4.69, 9.17) is 0 Å². The van der Waals surface area contributed by atoms with Gasteiger partial charge in [-0.05, 0) is 0 Å². The molecule has 0 amide bonds. The summed E-state index contributed by atoms with van der Waals surface area (Å²) in [5, 5.41) is 0. The lowest BCUT2D eigenvalue weighted by Crippen LogP contribution is -2.28. The summed E-state index contributed by atoms with van der Waals surface area (Å²) in [7, 11) is -1.31. The first-order valence-electron chi connectivity index (χ1n) is 7.52. The fourth-order valence-corrected chi connectivity index (χ4v) is 5.51. The molecule has 0 unspecified atom stereocenters. The van der Waals surface area contributed by atoms with Crippen molar-refractivity contribution in [2.75, 3.05) is 0 Å². The topological polar surface area (TPSA) is 0 Å². The Morgan fingerprint density at radius 1 is 0.706 bits per heavy atom. The number of rotatable bonds is 12. The lowest BCUT2D eigenvalue weighted by Gasteiger charge is -2.24. The van der Waals surface area contributed by atoms with Gasteiger partial charge in [-0.15, -0.1) is 13.2 Å². The highest BCUT2D eigenvalue weighted by Gasteiger charge is 2.23. The van der Waals surface area contributed by atoms with Crippen molar-refractivity contribution >= 4 is 8.07 Å². The molecule has 0 saturated heterocycles. The van der Waals surface area contributed by atoms with Crippen LogP contribution in [0, 0.1) is 0 Å². The predicted octanol–water partition coefficient (Wildman–Crippen LogP) is 6.05. The molecule has 0 atom stereocenters. The van der Waals surface area contributed by atoms with Gasteiger partial charge in [0, 0.05) is 0 Å². The molecule has 100 valence electrons. The van der Waals surface area contributed by atoms with E-state index in [9.17, 15) is 0 Å². The molecule has 0 aromatic rings. The zero-order chi connectivity index (χ0) is 13.0. The van der Waals surface area contributed by atoms with E-state index < -0.39 is 8.07 Å². The molecule has 1 heteroatoms. The normalized spacial score (nSPS) is 11.4. The molecule has 0 heterocycles. The van der Waals surface area contributed by atoms with Gasteiger partial charge in [-0.2, -0.15) is 0 Å². The lowest BCUT2D eigenvalue weighted by molar-refractivity contribution is 0.622. The summed E-state index contributed by atoms with van der Waals surface area (Å²) < 4.78 is 0. The van der Waals surface area contributed by atoms with Crippen LogP contribution in [0.25, 0.3) is 0 Å². The van der Waals surface area contributed by atoms with Crippen LogP contribution in [0.5, 0.6) is 0 Å². The Kier molecular flexibility index (Phi) is 10.6. The van der Waals surface area contributed by atoms with Crippen molar-refractivity contribution in [1.29, 1.82) is 0 Å². The summed E-state index contributed by atoms with van der Waals surface area (Å²) in [5.41, 5.74) is 4.53. The Labute approximate surface area is 110 Å². The molecule has 0 bridgehead atoms. The Morgan fingerprint density at radius 3 is 1.71 bits per heavy atom. The second kappa shape index (κ2) is 10.8. The first kappa shape index (κ1) is 16.7. The molecule has 0 fully saturated rings. The molecule has 17 heavy (non-hydrogen) atoms. The van der Waals surface area contributed by atoms with Crippen LogP contribution in [0.3, 0.4) is 0 Å². The van der Waals surface area contributed by atoms with Crippen LogP contribution in [-0.4, -0.2) is 8.07 Å². The van der Waals surface area contributed by atoms with Gasteiger partial charge >= 0.3 is 0 Å². The van der Waals surface area contributed by atoms with Gasteiger partial charge in [-0.25, -0.2) is 0 Å². The fourth-order valence-electron chi connectivity index (χ4n) is 2.36. The highest BCUT2D eigenvalue weighted by atomic mass is 28.3. The molecule has 0 aliphatic carbocycles. The molecule has 0 spiro atoms. The first-order valence-corrected chi connectivity index (χ1v) is 10.1. The maximum atomic E-state index is 4.08. The molecule has 0 aliphatic rings. The van der Waals surface area contributed by atoms with E-state index in [1.165, 1.54) is 63.5 Å². The number of unbranched alkanes of at least 4 members (excludes halogenated alkanes) is 6. The maximum absolute atomic E-state index is 4.08. The van der Waals surface area contributed by atoms with Gasteiger partial charge < -0.3 is 0 Å². The minimum Gasteiger partial charge on any atom is -0.107 e. The average Bonchev–Trinajstić information content (AvgIpc) is 2.38. The van der Waals surface area contributed by atoms with Crippen LogP contribution in [0.2, 0.25) is 12.1 Å². The van der Waals surface area contributed by atoms with E-state index >= 15 is 0 Å². The van der Waals surface area contributed by atoms with Crippen molar-refractivity contribution in [3.8, 4) is 0 Å². The SMILES string of the molecule is C=C[Si](C=C)(CCCC)CCCCCCCC. The third-order valence-corrected chi connectivity index (χ3v) is 8.00. The van der Waals surface area contributed by atoms with Crippen LogP contribution in [-0.2, 0) is 0 Å². The lowest BCUT2D eigenvalue weighted by atomic mass is 10.1. The van der Waals surface area contributed by atoms with E-state index in [1.54, 1.807) is 0 Å². The molecular formula is C16H32Si. The third-order valence-electron chi connectivity index (χ3n) is 3.80. The summed E-state index contributed by atoms with van der Waals surface area (Å²) >= 11 is 0. The molecule has 0 saturated carbocycles.